The first-order valence-electron chi connectivity index (χ1n) is 7.49. The fraction of sp³-hybridized carbons (Fsp3) is 0.400. The number of nitro groups is 1. The number of carbonyl (C=O) groups is 1. The number of carbonyl (C=O) groups excluding carboxylic acids is 1. The minimum absolute atomic E-state index is 0.0767. The van der Waals surface area contributed by atoms with E-state index in [2.05, 4.69) is 15.2 Å². The van der Waals surface area contributed by atoms with Crippen LogP contribution in [0.4, 0.5) is 5.69 Å². The Labute approximate surface area is 132 Å². The van der Waals surface area contributed by atoms with Crippen molar-refractivity contribution in [2.45, 2.75) is 32.2 Å². The van der Waals surface area contributed by atoms with E-state index in [1.165, 1.54) is 18.5 Å². The average molecular weight is 315 g/mol. The molecule has 1 aromatic carbocycles. The Kier molecular flexibility index (Phi) is 4.05. The molecule has 120 valence electrons. The Balaban J connectivity index is 1.94. The molecule has 2 aromatic rings. The van der Waals surface area contributed by atoms with Crippen molar-refractivity contribution in [1.29, 1.82) is 0 Å². The van der Waals surface area contributed by atoms with E-state index in [1.54, 1.807) is 17.9 Å². The van der Waals surface area contributed by atoms with Crippen LogP contribution >= 0.6 is 0 Å². The van der Waals surface area contributed by atoms with Gasteiger partial charge in [0.15, 0.2) is 0 Å². The monoisotopic (exact) mass is 315 g/mol. The van der Waals surface area contributed by atoms with Gasteiger partial charge in [0, 0.05) is 24.2 Å². The van der Waals surface area contributed by atoms with Crippen molar-refractivity contribution >= 4 is 11.6 Å². The Bertz CT molecular complexity index is 729. The van der Waals surface area contributed by atoms with Crippen LogP contribution in [0.5, 0.6) is 0 Å². The second-order valence-electron chi connectivity index (χ2n) is 5.64. The molecule has 1 atom stereocenters. The van der Waals surface area contributed by atoms with Crippen LogP contribution in [0.2, 0.25) is 0 Å². The minimum Gasteiger partial charge on any atom is -0.328 e. The lowest BCUT2D eigenvalue weighted by Gasteiger charge is -2.34. The van der Waals surface area contributed by atoms with Crippen LogP contribution in [-0.4, -0.2) is 37.5 Å². The highest BCUT2D eigenvalue weighted by molar-refractivity contribution is 5.96. The molecular weight excluding hydrogens is 298 g/mol. The molecule has 2 heterocycles. The predicted molar refractivity (Wildman–Crippen MR) is 81.8 cm³/mol. The molecule has 1 aliphatic rings. The molecule has 0 bridgehead atoms. The Hall–Kier alpha value is -2.77. The number of aromatic amines is 1. The summed E-state index contributed by atoms with van der Waals surface area (Å²) >= 11 is 0. The fourth-order valence-corrected chi connectivity index (χ4v) is 2.94. The lowest BCUT2D eigenvalue weighted by atomic mass is 9.98. The molecule has 8 nitrogen and oxygen atoms in total. The van der Waals surface area contributed by atoms with Gasteiger partial charge in [0.1, 0.15) is 12.2 Å². The van der Waals surface area contributed by atoms with Crippen molar-refractivity contribution < 1.29 is 9.72 Å². The van der Waals surface area contributed by atoms with E-state index in [1.807, 2.05) is 0 Å². The maximum atomic E-state index is 12.9. The van der Waals surface area contributed by atoms with Crippen LogP contribution in [0.3, 0.4) is 0 Å². The summed E-state index contributed by atoms with van der Waals surface area (Å²) in [5, 5.41) is 17.7. The largest absolute Gasteiger partial charge is 0.328 e. The van der Waals surface area contributed by atoms with E-state index in [0.29, 0.717) is 17.9 Å². The number of benzene rings is 1. The maximum Gasteiger partial charge on any atom is 0.270 e. The highest BCUT2D eigenvalue weighted by Gasteiger charge is 2.31. The number of likely N-dealkylation sites (tertiary alicyclic amines) is 1. The SMILES string of the molecule is Cc1ccc([N+](=O)[O-])cc1C(=O)N1CCCCC1c1ncn[nH]1. The molecule has 1 saturated heterocycles. The molecule has 1 aliphatic heterocycles. The molecule has 0 spiro atoms. The normalized spacial score (nSPS) is 18.0. The molecule has 1 N–H and O–H groups in total. The quantitative estimate of drug-likeness (QED) is 0.691. The zero-order chi connectivity index (χ0) is 16.4. The third kappa shape index (κ3) is 2.92. The predicted octanol–water partition coefficient (Wildman–Crippen LogP) is 2.39. The van der Waals surface area contributed by atoms with E-state index >= 15 is 0 Å². The summed E-state index contributed by atoms with van der Waals surface area (Å²) in [6.45, 7) is 2.39. The van der Waals surface area contributed by atoms with Crippen molar-refractivity contribution in [2.24, 2.45) is 0 Å². The molecule has 1 aromatic heterocycles. The van der Waals surface area contributed by atoms with Crippen LogP contribution in [0.25, 0.3) is 0 Å². The number of non-ortho nitro benzene ring substituents is 1. The molecule has 1 unspecified atom stereocenters. The minimum atomic E-state index is -0.486. The molecular formula is C15H17N5O3. The second kappa shape index (κ2) is 6.15. The zero-order valence-corrected chi connectivity index (χ0v) is 12.7. The molecule has 8 heteroatoms. The third-order valence-electron chi connectivity index (χ3n) is 4.18. The highest BCUT2D eigenvalue weighted by atomic mass is 16.6. The van der Waals surface area contributed by atoms with E-state index in [4.69, 9.17) is 0 Å². The zero-order valence-electron chi connectivity index (χ0n) is 12.7. The Morgan fingerprint density at radius 1 is 1.43 bits per heavy atom. The van der Waals surface area contributed by atoms with Gasteiger partial charge in [0.2, 0.25) is 0 Å². The highest BCUT2D eigenvalue weighted by Crippen LogP contribution is 2.31. The summed E-state index contributed by atoms with van der Waals surface area (Å²) < 4.78 is 0. The van der Waals surface area contributed by atoms with Crippen LogP contribution < -0.4 is 0 Å². The summed E-state index contributed by atoms with van der Waals surface area (Å²) in [6, 6.07) is 4.20. The number of nitrogens with one attached hydrogen (secondary N) is 1. The second-order valence-corrected chi connectivity index (χ2v) is 5.64. The van der Waals surface area contributed by atoms with Gasteiger partial charge in [-0.15, -0.1) is 0 Å². The number of nitro benzene ring substituents is 1. The molecule has 23 heavy (non-hydrogen) atoms. The molecule has 0 aliphatic carbocycles. The van der Waals surface area contributed by atoms with Crippen LogP contribution in [0, 0.1) is 17.0 Å². The van der Waals surface area contributed by atoms with E-state index in [0.717, 1.165) is 24.8 Å². The summed E-state index contributed by atoms with van der Waals surface area (Å²) in [5.41, 5.74) is 1.01. The first-order chi connectivity index (χ1) is 11.1. The van der Waals surface area contributed by atoms with Crippen molar-refractivity contribution in [2.75, 3.05) is 6.54 Å². The van der Waals surface area contributed by atoms with Crippen molar-refractivity contribution in [3.05, 3.63) is 51.6 Å². The van der Waals surface area contributed by atoms with Crippen LogP contribution in [0.15, 0.2) is 24.5 Å². The van der Waals surface area contributed by atoms with Crippen molar-refractivity contribution in [3.63, 3.8) is 0 Å². The standard InChI is InChI=1S/C15H17N5O3/c1-10-5-6-11(20(22)23)8-12(10)15(21)19-7-3-2-4-13(19)14-16-9-17-18-14/h5-6,8-9,13H,2-4,7H2,1H3,(H,16,17,18). The topological polar surface area (TPSA) is 105 Å². The van der Waals surface area contributed by atoms with E-state index in [9.17, 15) is 14.9 Å². The first-order valence-corrected chi connectivity index (χ1v) is 7.49. The van der Waals surface area contributed by atoms with Crippen molar-refractivity contribution in [1.82, 2.24) is 20.1 Å². The van der Waals surface area contributed by atoms with Gasteiger partial charge in [0.05, 0.1) is 11.0 Å². The van der Waals surface area contributed by atoms with Gasteiger partial charge in [-0.25, -0.2) is 4.98 Å². The summed E-state index contributed by atoms with van der Waals surface area (Å²) in [6.07, 6.45) is 4.13. The number of piperidine rings is 1. The van der Waals surface area contributed by atoms with Gasteiger partial charge in [-0.1, -0.05) is 6.07 Å². The number of rotatable bonds is 3. The van der Waals surface area contributed by atoms with Gasteiger partial charge < -0.3 is 4.90 Å². The van der Waals surface area contributed by atoms with Gasteiger partial charge in [-0.05, 0) is 31.7 Å². The first kappa shape index (κ1) is 15.1. The number of hydrogen-bond acceptors (Lipinski definition) is 5. The third-order valence-corrected chi connectivity index (χ3v) is 4.18. The Morgan fingerprint density at radius 2 is 2.26 bits per heavy atom. The molecule has 0 saturated carbocycles. The lowest BCUT2D eigenvalue weighted by molar-refractivity contribution is -0.384. The van der Waals surface area contributed by atoms with Crippen LogP contribution in [-0.2, 0) is 0 Å². The van der Waals surface area contributed by atoms with Gasteiger partial charge in [-0.2, -0.15) is 5.10 Å². The van der Waals surface area contributed by atoms with Crippen molar-refractivity contribution in [3.8, 4) is 0 Å². The summed E-state index contributed by atoms with van der Waals surface area (Å²) in [4.78, 5) is 29.3. The number of H-pyrrole nitrogens is 1. The number of nitrogens with zero attached hydrogens (tertiary/aromatic N) is 4. The lowest BCUT2D eigenvalue weighted by Crippen LogP contribution is -2.39. The number of aryl methyl sites for hydroxylation is 1. The average Bonchev–Trinajstić information content (AvgIpc) is 3.09. The fourth-order valence-electron chi connectivity index (χ4n) is 2.94. The molecule has 1 amide bonds. The summed E-state index contributed by atoms with van der Waals surface area (Å²) in [5.74, 6) is 0.452. The number of aromatic nitrogens is 3. The van der Waals surface area contributed by atoms with Gasteiger partial charge >= 0.3 is 0 Å². The number of hydrogen-bond donors (Lipinski definition) is 1. The van der Waals surface area contributed by atoms with Gasteiger partial charge in [-0.3, -0.25) is 20.0 Å². The van der Waals surface area contributed by atoms with E-state index in [-0.39, 0.29) is 17.6 Å². The molecule has 3 rings (SSSR count). The van der Waals surface area contributed by atoms with Crippen LogP contribution in [0.1, 0.15) is 47.1 Å². The molecule has 0 radical (unpaired) electrons. The van der Waals surface area contributed by atoms with Gasteiger partial charge in [0.25, 0.3) is 11.6 Å². The van der Waals surface area contributed by atoms with E-state index < -0.39 is 4.92 Å². The molecule has 1 fully saturated rings. The number of amides is 1. The smallest absolute Gasteiger partial charge is 0.270 e. The Morgan fingerprint density at radius 3 is 2.96 bits per heavy atom. The summed E-state index contributed by atoms with van der Waals surface area (Å²) in [7, 11) is 0. The maximum absolute atomic E-state index is 12.9.